The van der Waals surface area contributed by atoms with Crippen LogP contribution in [0.4, 0.5) is 4.79 Å². The highest BCUT2D eigenvalue weighted by Gasteiger charge is 2.38. The lowest BCUT2D eigenvalue weighted by atomic mass is 9.98. The van der Waals surface area contributed by atoms with Crippen LogP contribution >= 0.6 is 0 Å². The third kappa shape index (κ3) is 8.59. The number of alkyl carbamates (subject to hydrolysis) is 1. The van der Waals surface area contributed by atoms with E-state index in [0.717, 1.165) is 27.2 Å². The fourth-order valence-electron chi connectivity index (χ4n) is 4.79. The quantitative estimate of drug-likeness (QED) is 0.131. The van der Waals surface area contributed by atoms with Gasteiger partial charge in [0.1, 0.15) is 24.8 Å². The molecular formula is C32H40N4O7. The second-order valence-electron chi connectivity index (χ2n) is 11.3. The third-order valence-corrected chi connectivity index (χ3v) is 6.66. The van der Waals surface area contributed by atoms with Crippen molar-refractivity contribution in [2.45, 2.75) is 70.6 Å². The number of hydrogen-bond acceptors (Lipinski definition) is 9. The Labute approximate surface area is 252 Å². The molecule has 0 saturated carbocycles. The van der Waals surface area contributed by atoms with Crippen LogP contribution < -0.4 is 16.0 Å². The SMILES string of the molecule is C=CCN(C(=O)[C@H](NC(=O)OCC1c2ccccc2-c2ccccc21)N[C@@H](C)C=O)[C@@H](N[C@@H](C)C=O)C(=O)OC(C)(C)C. The van der Waals surface area contributed by atoms with Crippen LogP contribution in [-0.2, 0) is 28.7 Å². The maximum atomic E-state index is 13.9. The summed E-state index contributed by atoms with van der Waals surface area (Å²) in [5.74, 6) is -1.82. The monoisotopic (exact) mass is 592 g/mol. The Hall–Kier alpha value is -4.35. The van der Waals surface area contributed by atoms with Gasteiger partial charge in [0.05, 0.1) is 12.1 Å². The predicted octanol–water partition coefficient (Wildman–Crippen LogP) is 2.89. The first-order chi connectivity index (χ1) is 20.4. The maximum absolute atomic E-state index is 13.9. The number of rotatable bonds is 14. The zero-order chi connectivity index (χ0) is 31.7. The first kappa shape index (κ1) is 33.2. The first-order valence-electron chi connectivity index (χ1n) is 14.1. The second kappa shape index (κ2) is 14.7. The molecule has 3 rings (SSSR count). The topological polar surface area (TPSA) is 143 Å². The molecule has 0 spiro atoms. The van der Waals surface area contributed by atoms with Gasteiger partial charge in [0.15, 0.2) is 12.3 Å². The van der Waals surface area contributed by atoms with Gasteiger partial charge in [-0.1, -0.05) is 54.6 Å². The van der Waals surface area contributed by atoms with E-state index in [1.165, 1.54) is 19.9 Å². The van der Waals surface area contributed by atoms with E-state index in [-0.39, 0.29) is 19.1 Å². The van der Waals surface area contributed by atoms with Gasteiger partial charge < -0.3 is 24.0 Å². The average molecular weight is 593 g/mol. The Bertz CT molecular complexity index is 1290. The Balaban J connectivity index is 1.83. The molecule has 4 atom stereocenters. The van der Waals surface area contributed by atoms with Crippen molar-refractivity contribution >= 4 is 30.5 Å². The summed E-state index contributed by atoms with van der Waals surface area (Å²) in [4.78, 5) is 64.2. The van der Waals surface area contributed by atoms with Gasteiger partial charge in [0.2, 0.25) is 0 Å². The molecule has 0 heterocycles. The van der Waals surface area contributed by atoms with E-state index in [4.69, 9.17) is 9.47 Å². The molecule has 1 aliphatic carbocycles. The van der Waals surface area contributed by atoms with Crippen LogP contribution in [0.5, 0.6) is 0 Å². The number of carbonyl (C=O) groups excluding carboxylic acids is 5. The fourth-order valence-corrected chi connectivity index (χ4v) is 4.79. The minimum atomic E-state index is -1.48. The van der Waals surface area contributed by atoms with E-state index in [0.29, 0.717) is 12.6 Å². The van der Waals surface area contributed by atoms with Crippen LogP contribution in [0, 0.1) is 0 Å². The molecule has 0 radical (unpaired) electrons. The van der Waals surface area contributed by atoms with Crippen molar-refractivity contribution in [3.05, 3.63) is 72.3 Å². The molecule has 2 amide bonds. The van der Waals surface area contributed by atoms with Crippen LogP contribution in [-0.4, -0.2) is 78.6 Å². The summed E-state index contributed by atoms with van der Waals surface area (Å²) in [6, 6.07) is 14.1. The van der Waals surface area contributed by atoms with Crippen LogP contribution in [0.25, 0.3) is 11.1 Å². The van der Waals surface area contributed by atoms with Crippen molar-refractivity contribution in [2.75, 3.05) is 13.2 Å². The van der Waals surface area contributed by atoms with Gasteiger partial charge in [-0.05, 0) is 56.9 Å². The molecule has 0 aliphatic heterocycles. The molecular weight excluding hydrogens is 552 g/mol. The highest BCUT2D eigenvalue weighted by Crippen LogP contribution is 2.44. The minimum Gasteiger partial charge on any atom is -0.457 e. The van der Waals surface area contributed by atoms with E-state index < -0.39 is 48.0 Å². The number of nitrogens with one attached hydrogen (secondary N) is 3. The van der Waals surface area contributed by atoms with Crippen LogP contribution in [0.2, 0.25) is 0 Å². The highest BCUT2D eigenvalue weighted by molar-refractivity contribution is 5.90. The first-order valence-corrected chi connectivity index (χ1v) is 14.1. The summed E-state index contributed by atoms with van der Waals surface area (Å²) in [5, 5.41) is 8.03. The van der Waals surface area contributed by atoms with E-state index >= 15 is 0 Å². The van der Waals surface area contributed by atoms with Crippen molar-refractivity contribution < 1.29 is 33.4 Å². The molecule has 11 heteroatoms. The van der Waals surface area contributed by atoms with Crippen LogP contribution in [0.3, 0.4) is 0 Å². The number of benzene rings is 2. The average Bonchev–Trinajstić information content (AvgIpc) is 3.29. The lowest BCUT2D eigenvalue weighted by molar-refractivity contribution is -0.167. The molecule has 2 aromatic rings. The molecule has 1 aliphatic rings. The third-order valence-electron chi connectivity index (χ3n) is 6.66. The van der Waals surface area contributed by atoms with Crippen molar-refractivity contribution in [3.63, 3.8) is 0 Å². The number of esters is 1. The molecule has 0 bridgehead atoms. The predicted molar refractivity (Wildman–Crippen MR) is 161 cm³/mol. The van der Waals surface area contributed by atoms with Gasteiger partial charge in [0, 0.05) is 12.5 Å². The molecule has 3 N–H and O–H groups in total. The number of ether oxygens (including phenoxy) is 2. The Morgan fingerprint density at radius 1 is 0.930 bits per heavy atom. The largest absolute Gasteiger partial charge is 0.457 e. The van der Waals surface area contributed by atoms with E-state index in [9.17, 15) is 24.0 Å². The van der Waals surface area contributed by atoms with Crippen molar-refractivity contribution in [1.82, 2.24) is 20.9 Å². The molecule has 11 nitrogen and oxygen atoms in total. The maximum Gasteiger partial charge on any atom is 0.408 e. The lowest BCUT2D eigenvalue weighted by Crippen LogP contribution is -2.64. The van der Waals surface area contributed by atoms with E-state index in [2.05, 4.69) is 22.5 Å². The van der Waals surface area contributed by atoms with Gasteiger partial charge in [-0.3, -0.25) is 20.7 Å². The van der Waals surface area contributed by atoms with Gasteiger partial charge in [-0.15, -0.1) is 6.58 Å². The normalized spacial score (nSPS) is 15.1. The van der Waals surface area contributed by atoms with Crippen molar-refractivity contribution in [3.8, 4) is 11.1 Å². The summed E-state index contributed by atoms with van der Waals surface area (Å²) >= 11 is 0. The Kier molecular flexibility index (Phi) is 11.3. The summed E-state index contributed by atoms with van der Waals surface area (Å²) in [7, 11) is 0. The van der Waals surface area contributed by atoms with Crippen LogP contribution in [0.15, 0.2) is 61.2 Å². The fraction of sp³-hybridized carbons (Fsp3) is 0.406. The smallest absolute Gasteiger partial charge is 0.408 e. The zero-order valence-corrected chi connectivity index (χ0v) is 25.2. The summed E-state index contributed by atoms with van der Waals surface area (Å²) < 4.78 is 11.1. The molecule has 2 aromatic carbocycles. The summed E-state index contributed by atoms with van der Waals surface area (Å²) in [6.45, 7) is 11.5. The molecule has 0 saturated heterocycles. The number of nitrogens with zero attached hydrogens (tertiary/aromatic N) is 1. The van der Waals surface area contributed by atoms with Crippen LogP contribution in [0.1, 0.15) is 51.7 Å². The minimum absolute atomic E-state index is 0.000679. The standard InChI is InChI=1S/C32H40N4O7/c1-7-16-36(28(34-21(3)18-38)30(40)43-32(4,5)6)29(39)27(33-20(2)17-37)35-31(41)42-19-26-24-14-10-8-12-22(24)23-13-9-11-15-25(23)26/h7-15,17-18,20-21,26-28,33-34H,1,16,19H2,2-6H3,(H,35,41)/t20-,21-,27-,28+/m0/s1. The van der Waals surface area contributed by atoms with Gasteiger partial charge in [0.25, 0.3) is 5.91 Å². The van der Waals surface area contributed by atoms with Gasteiger partial charge >= 0.3 is 12.1 Å². The molecule has 230 valence electrons. The lowest BCUT2D eigenvalue weighted by Gasteiger charge is -2.35. The van der Waals surface area contributed by atoms with Crippen molar-refractivity contribution in [2.24, 2.45) is 0 Å². The van der Waals surface area contributed by atoms with E-state index in [1.807, 2.05) is 48.5 Å². The Morgan fingerprint density at radius 3 is 1.98 bits per heavy atom. The Morgan fingerprint density at radius 2 is 1.47 bits per heavy atom. The molecule has 43 heavy (non-hydrogen) atoms. The second-order valence-corrected chi connectivity index (χ2v) is 11.3. The number of amides is 2. The summed E-state index contributed by atoms with van der Waals surface area (Å²) in [5.41, 5.74) is 3.26. The number of aldehydes is 2. The molecule has 0 fully saturated rings. The molecule has 0 unspecified atom stereocenters. The van der Waals surface area contributed by atoms with E-state index in [1.54, 1.807) is 20.8 Å². The van der Waals surface area contributed by atoms with Crippen molar-refractivity contribution in [1.29, 1.82) is 0 Å². The molecule has 0 aromatic heterocycles. The van der Waals surface area contributed by atoms with Gasteiger partial charge in [-0.25, -0.2) is 9.59 Å². The van der Waals surface area contributed by atoms with Gasteiger partial charge in [-0.2, -0.15) is 0 Å². The summed E-state index contributed by atoms with van der Waals surface area (Å²) in [6.07, 6.45) is -1.27. The zero-order valence-electron chi connectivity index (χ0n) is 25.2. The number of hydrogen-bond donors (Lipinski definition) is 3. The highest BCUT2D eigenvalue weighted by atomic mass is 16.6. The number of fused-ring (bicyclic) bond motifs is 3. The number of carbonyl (C=O) groups is 5.